The van der Waals surface area contributed by atoms with Crippen molar-refractivity contribution in [1.82, 2.24) is 5.32 Å². The Kier molecular flexibility index (Phi) is 9.56. The average molecular weight is 583 g/mol. The third kappa shape index (κ3) is 7.38. The Labute approximate surface area is 238 Å². The molecule has 3 aliphatic heterocycles. The summed E-state index contributed by atoms with van der Waals surface area (Å²) in [7, 11) is 0. The van der Waals surface area contributed by atoms with Crippen LogP contribution in [0.25, 0.3) is 0 Å². The van der Waals surface area contributed by atoms with Crippen molar-refractivity contribution < 1.29 is 28.1 Å². The maximum absolute atomic E-state index is 14.9. The number of hydrogen-bond donors (Lipinski definition) is 1. The van der Waals surface area contributed by atoms with E-state index in [2.05, 4.69) is 27.5 Å². The molecule has 1 aromatic rings. The predicted molar refractivity (Wildman–Crippen MR) is 150 cm³/mol. The van der Waals surface area contributed by atoms with Gasteiger partial charge in [-0.2, -0.15) is 0 Å². The number of amides is 1. The topological polar surface area (TPSA) is 75.4 Å². The first-order valence-corrected chi connectivity index (χ1v) is 14.5. The zero-order valence-corrected chi connectivity index (χ0v) is 23.5. The predicted octanol–water partition coefficient (Wildman–Crippen LogP) is 4.29. The van der Waals surface area contributed by atoms with Crippen molar-refractivity contribution in [2.45, 2.75) is 56.3 Å². The molecule has 8 nitrogen and oxygen atoms in total. The molecule has 2 atom stereocenters. The van der Waals surface area contributed by atoms with E-state index >= 15 is 0 Å². The first-order valence-electron chi connectivity index (χ1n) is 13.7. The standard InChI is InChI=1S/C28H35Cl2FN4O4/c29-21-4-8-23(9-5-21)34(16-24-17-37-12-13-39-24)22-6-2-20(3-7-22)15-35-27(36)26(30)25(14-33-35)32-18-28(31)10-1-11-38-19-28/h4-5,8-9,14-15,20,22,24H,1-3,6-7,10-13,16-19H2/p+1/b35-15-/t20?,22?,24-,28-/m1/s1. The van der Waals surface area contributed by atoms with E-state index in [1.165, 1.54) is 10.9 Å². The molecule has 5 rings (SSSR count). The molecule has 0 radical (unpaired) electrons. The van der Waals surface area contributed by atoms with E-state index < -0.39 is 11.6 Å². The summed E-state index contributed by atoms with van der Waals surface area (Å²) < 4.78 is 33.0. The summed E-state index contributed by atoms with van der Waals surface area (Å²) in [5, 5.41) is 7.98. The fraction of sp³-hybridized carbons (Fsp3) is 0.607. The number of halogens is 3. The highest BCUT2D eigenvalue weighted by Crippen LogP contribution is 2.32. The van der Waals surface area contributed by atoms with E-state index in [-0.39, 0.29) is 30.2 Å². The van der Waals surface area contributed by atoms with Crippen LogP contribution in [0.5, 0.6) is 0 Å². The maximum Gasteiger partial charge on any atom is 0.462 e. The largest absolute Gasteiger partial charge is 0.462 e. The Morgan fingerprint density at radius 3 is 2.62 bits per heavy atom. The van der Waals surface area contributed by atoms with Gasteiger partial charge in [0.1, 0.15) is 6.21 Å². The molecule has 1 N–H and O–H groups in total. The summed E-state index contributed by atoms with van der Waals surface area (Å²) in [6.45, 7) is 3.22. The highest BCUT2D eigenvalue weighted by Gasteiger charge is 2.36. The van der Waals surface area contributed by atoms with E-state index in [1.54, 1.807) is 0 Å². The number of allylic oxidation sites excluding steroid dienone is 1. The molecule has 1 aromatic carbocycles. The van der Waals surface area contributed by atoms with Crippen LogP contribution < -0.4 is 10.2 Å². The minimum atomic E-state index is -1.47. The van der Waals surface area contributed by atoms with Gasteiger partial charge >= 0.3 is 5.91 Å². The second-order valence-corrected chi connectivity index (χ2v) is 11.5. The SMILES string of the molecule is O=C1C(Cl)=C(NC[C@]2(F)CCCOC2)C=N/[N+]1=C\C1CCC(N(C[C@@H]2COCCO2)c2ccc(Cl)cc2)CC1. The van der Waals surface area contributed by atoms with E-state index in [1.807, 2.05) is 18.3 Å². The second kappa shape index (κ2) is 13.1. The lowest BCUT2D eigenvalue weighted by atomic mass is 9.85. The quantitative estimate of drug-likeness (QED) is 0.462. The molecule has 1 aliphatic carbocycles. The van der Waals surface area contributed by atoms with Crippen LogP contribution in [0.3, 0.4) is 0 Å². The summed E-state index contributed by atoms with van der Waals surface area (Å²) in [5.41, 5.74) is -0.0224. The van der Waals surface area contributed by atoms with Crippen LogP contribution in [0, 0.1) is 5.92 Å². The monoisotopic (exact) mass is 581 g/mol. The molecule has 2 saturated heterocycles. The molecule has 0 aromatic heterocycles. The van der Waals surface area contributed by atoms with Crippen LogP contribution in [0.1, 0.15) is 38.5 Å². The normalized spacial score (nSPS) is 31.0. The fourth-order valence-electron chi connectivity index (χ4n) is 5.61. The number of hydrogen-bond acceptors (Lipinski definition) is 7. The number of nitrogens with zero attached hydrogens (tertiary/aromatic N) is 3. The van der Waals surface area contributed by atoms with Gasteiger partial charge in [-0.25, -0.2) is 9.18 Å². The van der Waals surface area contributed by atoms with Crippen LogP contribution in [-0.4, -0.2) is 87.0 Å². The van der Waals surface area contributed by atoms with Crippen LogP contribution in [0.15, 0.2) is 40.1 Å². The number of carbonyl (C=O) groups is 1. The zero-order chi connectivity index (χ0) is 27.2. The molecular formula is C28H36Cl2FN4O4+. The molecule has 3 fully saturated rings. The molecule has 1 saturated carbocycles. The molecule has 0 bridgehead atoms. The molecule has 4 aliphatic rings. The smallest absolute Gasteiger partial charge is 0.379 e. The van der Waals surface area contributed by atoms with Crippen molar-refractivity contribution >= 4 is 47.2 Å². The van der Waals surface area contributed by atoms with Gasteiger partial charge in [-0.15, -0.1) is 0 Å². The van der Waals surface area contributed by atoms with E-state index in [0.29, 0.717) is 56.0 Å². The van der Waals surface area contributed by atoms with Crippen molar-refractivity contribution in [2.24, 2.45) is 11.0 Å². The van der Waals surface area contributed by atoms with Gasteiger partial charge in [0, 0.05) is 40.9 Å². The lowest BCUT2D eigenvalue weighted by molar-refractivity contribution is -0.447. The molecule has 39 heavy (non-hydrogen) atoms. The minimum Gasteiger partial charge on any atom is -0.379 e. The summed E-state index contributed by atoms with van der Waals surface area (Å²) >= 11 is 12.5. The fourth-order valence-corrected chi connectivity index (χ4v) is 5.94. The highest BCUT2D eigenvalue weighted by atomic mass is 35.5. The first kappa shape index (κ1) is 28.5. The Morgan fingerprint density at radius 1 is 1.13 bits per heavy atom. The van der Waals surface area contributed by atoms with E-state index in [0.717, 1.165) is 37.9 Å². The van der Waals surface area contributed by atoms with Crippen molar-refractivity contribution in [1.29, 1.82) is 0 Å². The molecule has 0 spiro atoms. The van der Waals surface area contributed by atoms with Gasteiger partial charge in [0.2, 0.25) is 0 Å². The highest BCUT2D eigenvalue weighted by molar-refractivity contribution is 6.42. The van der Waals surface area contributed by atoms with Gasteiger partial charge in [0.25, 0.3) is 0 Å². The number of hydrazone groups is 1. The lowest BCUT2D eigenvalue weighted by Crippen LogP contribution is -2.46. The van der Waals surface area contributed by atoms with Crippen molar-refractivity contribution in [3.63, 3.8) is 0 Å². The van der Waals surface area contributed by atoms with Gasteiger partial charge in [0.15, 0.2) is 16.9 Å². The maximum atomic E-state index is 14.9. The average Bonchev–Trinajstić information content (AvgIpc) is 2.96. The number of nitrogens with one attached hydrogen (secondary N) is 1. The van der Waals surface area contributed by atoms with Crippen LogP contribution >= 0.6 is 23.2 Å². The number of alkyl halides is 1. The molecule has 3 heterocycles. The first-order chi connectivity index (χ1) is 18.9. The molecule has 11 heteroatoms. The van der Waals surface area contributed by atoms with Crippen LogP contribution in [0.2, 0.25) is 5.02 Å². The minimum absolute atomic E-state index is 0.0129. The second-order valence-electron chi connectivity index (χ2n) is 10.7. The van der Waals surface area contributed by atoms with Crippen LogP contribution in [-0.2, 0) is 19.0 Å². The van der Waals surface area contributed by atoms with Gasteiger partial charge in [-0.05, 0) is 67.5 Å². The third-order valence-corrected chi connectivity index (χ3v) is 8.41. The summed E-state index contributed by atoms with van der Waals surface area (Å²) in [6.07, 6.45) is 8.20. The summed E-state index contributed by atoms with van der Waals surface area (Å²) in [4.78, 5) is 15.3. The van der Waals surface area contributed by atoms with Crippen molar-refractivity contribution in [3.8, 4) is 0 Å². The summed E-state index contributed by atoms with van der Waals surface area (Å²) in [5.74, 6) is -0.218. The molecule has 0 unspecified atom stereocenters. The van der Waals surface area contributed by atoms with Gasteiger partial charge in [0.05, 0.1) is 44.8 Å². The number of ether oxygens (including phenoxy) is 3. The lowest BCUT2D eigenvalue weighted by Gasteiger charge is -2.40. The molecule has 212 valence electrons. The number of benzene rings is 1. The Balaban J connectivity index is 1.19. The van der Waals surface area contributed by atoms with E-state index in [9.17, 15) is 9.18 Å². The molecule has 1 amide bonds. The van der Waals surface area contributed by atoms with Gasteiger partial charge in [-0.1, -0.05) is 23.2 Å². The van der Waals surface area contributed by atoms with E-state index in [4.69, 9.17) is 37.4 Å². The number of carbonyl (C=O) groups excluding carboxylic acids is 1. The Hall–Kier alpha value is -2.04. The van der Waals surface area contributed by atoms with Crippen LogP contribution in [0.4, 0.5) is 10.1 Å². The number of rotatable bonds is 8. The Morgan fingerprint density at radius 2 is 1.92 bits per heavy atom. The third-order valence-electron chi connectivity index (χ3n) is 7.79. The van der Waals surface area contributed by atoms with Crippen molar-refractivity contribution in [2.75, 3.05) is 51.0 Å². The molecular weight excluding hydrogens is 546 g/mol. The zero-order valence-electron chi connectivity index (χ0n) is 22.0. The van der Waals surface area contributed by atoms with Gasteiger partial charge < -0.3 is 24.4 Å². The Bertz CT molecular complexity index is 1090. The number of anilines is 1. The van der Waals surface area contributed by atoms with Gasteiger partial charge in [-0.3, -0.25) is 0 Å². The van der Waals surface area contributed by atoms with Crippen molar-refractivity contribution in [3.05, 3.63) is 40.0 Å². The summed E-state index contributed by atoms with van der Waals surface area (Å²) in [6, 6.07) is 8.27.